The highest BCUT2D eigenvalue weighted by Gasteiger charge is 2.16. The fourth-order valence-electron chi connectivity index (χ4n) is 3.45. The molecule has 0 amide bonds. The van der Waals surface area contributed by atoms with Crippen LogP contribution in [0.4, 0.5) is 5.13 Å². The van der Waals surface area contributed by atoms with Crippen LogP contribution in [-0.2, 0) is 6.42 Å². The van der Waals surface area contributed by atoms with E-state index in [1.165, 1.54) is 22.9 Å². The van der Waals surface area contributed by atoms with Crippen molar-refractivity contribution in [2.45, 2.75) is 25.4 Å². The van der Waals surface area contributed by atoms with Gasteiger partial charge in [0.1, 0.15) is 6.10 Å². The summed E-state index contributed by atoms with van der Waals surface area (Å²) in [5.41, 5.74) is 1.12. The number of aliphatic hydroxyl groups excluding tert-OH is 1. The van der Waals surface area contributed by atoms with Gasteiger partial charge in [0.05, 0.1) is 5.69 Å². The first-order chi connectivity index (χ1) is 14.2. The number of aromatic nitrogens is 1. The fourth-order valence-corrected chi connectivity index (χ4v) is 5.42. The minimum absolute atomic E-state index is 0. The maximum atomic E-state index is 10.5. The predicted molar refractivity (Wildman–Crippen MR) is 139 cm³/mol. The molecule has 6 nitrogen and oxygen atoms in total. The van der Waals surface area contributed by atoms with E-state index in [1.54, 1.807) is 29.7 Å². The van der Waals surface area contributed by atoms with E-state index in [2.05, 4.69) is 44.1 Å². The first-order valence-corrected chi connectivity index (χ1v) is 11.7. The average Bonchev–Trinajstić information content (AvgIpc) is 3.49. The van der Waals surface area contributed by atoms with Gasteiger partial charge in [0.15, 0.2) is 11.1 Å². The standard InChI is InChI=1S/C21H27N5OS2.HI/c1-22-20(23-9-8-16-14-28-21(25-16)26-10-4-5-11-26)24-13-17(27)19-12-15-6-2-3-7-18(15)29-19;/h2-3,6-7,12,14,17,27H,4-5,8-11,13H2,1H3,(H2,22,23,24);1H. The van der Waals surface area contributed by atoms with Crippen molar-refractivity contribution < 1.29 is 5.11 Å². The third kappa shape index (κ3) is 5.83. The van der Waals surface area contributed by atoms with Crippen LogP contribution in [0, 0.1) is 0 Å². The van der Waals surface area contributed by atoms with Crippen LogP contribution < -0.4 is 15.5 Å². The summed E-state index contributed by atoms with van der Waals surface area (Å²) in [6.07, 6.45) is 2.83. The number of rotatable bonds is 7. The van der Waals surface area contributed by atoms with E-state index in [0.717, 1.165) is 41.8 Å². The lowest BCUT2D eigenvalue weighted by molar-refractivity contribution is 0.184. The summed E-state index contributed by atoms with van der Waals surface area (Å²) in [5.74, 6) is 0.695. The molecule has 1 aromatic carbocycles. The van der Waals surface area contributed by atoms with E-state index < -0.39 is 6.10 Å². The molecule has 1 unspecified atom stereocenters. The van der Waals surface area contributed by atoms with Crippen molar-refractivity contribution in [1.82, 2.24) is 15.6 Å². The van der Waals surface area contributed by atoms with Gasteiger partial charge in [0, 0.05) is 54.6 Å². The number of hydrogen-bond acceptors (Lipinski definition) is 6. The molecule has 0 bridgehead atoms. The second-order valence-electron chi connectivity index (χ2n) is 7.15. The Morgan fingerprint density at radius 1 is 1.27 bits per heavy atom. The molecule has 3 heterocycles. The van der Waals surface area contributed by atoms with Crippen molar-refractivity contribution in [3.05, 3.63) is 46.3 Å². The van der Waals surface area contributed by atoms with Gasteiger partial charge in [0.2, 0.25) is 0 Å². The molecule has 4 rings (SSSR count). The minimum atomic E-state index is -0.562. The van der Waals surface area contributed by atoms with Gasteiger partial charge in [-0.15, -0.1) is 46.7 Å². The third-order valence-electron chi connectivity index (χ3n) is 5.05. The molecule has 162 valence electrons. The first kappa shape index (κ1) is 23.2. The van der Waals surface area contributed by atoms with Gasteiger partial charge in [-0.05, 0) is 30.4 Å². The average molecular weight is 558 g/mol. The fraction of sp³-hybridized carbons (Fsp3) is 0.429. The molecule has 1 aliphatic rings. The Kier molecular flexibility index (Phi) is 8.72. The van der Waals surface area contributed by atoms with Crippen molar-refractivity contribution >= 4 is 67.8 Å². The van der Waals surface area contributed by atoms with Gasteiger partial charge in [-0.3, -0.25) is 4.99 Å². The number of halogens is 1. The van der Waals surface area contributed by atoms with Gasteiger partial charge in [-0.25, -0.2) is 4.98 Å². The summed E-state index contributed by atoms with van der Waals surface area (Å²) in [4.78, 5) is 12.3. The topological polar surface area (TPSA) is 72.8 Å². The zero-order valence-corrected chi connectivity index (χ0v) is 21.0. The molecule has 9 heteroatoms. The summed E-state index contributed by atoms with van der Waals surface area (Å²) in [6.45, 7) is 3.43. The van der Waals surface area contributed by atoms with E-state index in [-0.39, 0.29) is 24.0 Å². The number of nitrogens with zero attached hydrogens (tertiary/aromatic N) is 3. The van der Waals surface area contributed by atoms with Crippen LogP contribution in [-0.4, -0.2) is 49.3 Å². The molecule has 0 saturated carbocycles. The largest absolute Gasteiger partial charge is 0.386 e. The molecular weight excluding hydrogens is 529 g/mol. The van der Waals surface area contributed by atoms with Crippen LogP contribution in [0.25, 0.3) is 10.1 Å². The van der Waals surface area contributed by atoms with Crippen LogP contribution in [0.5, 0.6) is 0 Å². The summed E-state index contributed by atoms with van der Waals surface area (Å²) >= 11 is 3.37. The smallest absolute Gasteiger partial charge is 0.191 e. The van der Waals surface area contributed by atoms with E-state index in [0.29, 0.717) is 12.5 Å². The number of aliphatic hydroxyl groups is 1. The zero-order valence-electron chi connectivity index (χ0n) is 17.0. The Morgan fingerprint density at radius 3 is 2.83 bits per heavy atom. The van der Waals surface area contributed by atoms with Crippen LogP contribution in [0.2, 0.25) is 0 Å². The van der Waals surface area contributed by atoms with E-state index in [4.69, 9.17) is 4.98 Å². The lowest BCUT2D eigenvalue weighted by Gasteiger charge is -2.14. The second-order valence-corrected chi connectivity index (χ2v) is 9.10. The molecule has 2 aromatic heterocycles. The van der Waals surface area contributed by atoms with Gasteiger partial charge >= 0.3 is 0 Å². The molecule has 3 aromatic rings. The number of benzene rings is 1. The number of fused-ring (bicyclic) bond motifs is 1. The van der Waals surface area contributed by atoms with Crippen LogP contribution in [0.3, 0.4) is 0 Å². The lowest BCUT2D eigenvalue weighted by atomic mass is 10.2. The molecule has 0 spiro atoms. The van der Waals surface area contributed by atoms with Gasteiger partial charge < -0.3 is 20.6 Å². The van der Waals surface area contributed by atoms with Gasteiger partial charge in [-0.2, -0.15) is 0 Å². The van der Waals surface area contributed by atoms with E-state index in [9.17, 15) is 5.11 Å². The number of thiophene rings is 1. The molecule has 1 aliphatic heterocycles. The highest BCUT2D eigenvalue weighted by molar-refractivity contribution is 14.0. The number of thiazole rings is 1. The normalized spacial score (nSPS) is 15.3. The van der Waals surface area contributed by atoms with E-state index >= 15 is 0 Å². The van der Waals surface area contributed by atoms with Crippen molar-refractivity contribution in [3.8, 4) is 0 Å². The molecule has 30 heavy (non-hydrogen) atoms. The SMILES string of the molecule is CN=C(NCCc1csc(N2CCCC2)n1)NCC(O)c1cc2ccccc2s1.I. The molecule has 1 atom stereocenters. The second kappa shape index (κ2) is 11.3. The minimum Gasteiger partial charge on any atom is -0.386 e. The molecule has 1 saturated heterocycles. The predicted octanol–water partition coefficient (Wildman–Crippen LogP) is 4.02. The maximum absolute atomic E-state index is 10.5. The number of anilines is 1. The van der Waals surface area contributed by atoms with Crippen molar-refractivity contribution in [2.75, 3.05) is 38.1 Å². The Labute approximate surface area is 202 Å². The zero-order chi connectivity index (χ0) is 20.1. The summed E-state index contributed by atoms with van der Waals surface area (Å²) < 4.78 is 1.20. The molecule has 0 radical (unpaired) electrons. The number of aliphatic imine (C=N–C) groups is 1. The maximum Gasteiger partial charge on any atom is 0.191 e. The molecule has 1 fully saturated rings. The highest BCUT2D eigenvalue weighted by Crippen LogP contribution is 2.29. The number of guanidine groups is 1. The Balaban J connectivity index is 0.00000256. The summed E-state index contributed by atoms with van der Waals surface area (Å²) in [7, 11) is 1.75. The van der Waals surface area contributed by atoms with E-state index in [1.807, 2.05) is 12.1 Å². The Morgan fingerprint density at radius 2 is 2.07 bits per heavy atom. The summed E-state index contributed by atoms with van der Waals surface area (Å²) in [5, 5.41) is 21.5. The lowest BCUT2D eigenvalue weighted by Crippen LogP contribution is -2.40. The number of nitrogens with one attached hydrogen (secondary N) is 2. The number of hydrogen-bond donors (Lipinski definition) is 3. The van der Waals surface area contributed by atoms with Crippen LogP contribution >= 0.6 is 46.7 Å². The quantitative estimate of drug-likeness (QED) is 0.233. The van der Waals surface area contributed by atoms with Crippen molar-refractivity contribution in [2.24, 2.45) is 4.99 Å². The summed E-state index contributed by atoms with van der Waals surface area (Å²) in [6, 6.07) is 10.3. The Hall–Kier alpha value is -1.43. The van der Waals surface area contributed by atoms with Gasteiger partial charge in [0.25, 0.3) is 0 Å². The third-order valence-corrected chi connectivity index (χ3v) is 7.22. The monoisotopic (exact) mass is 557 g/mol. The highest BCUT2D eigenvalue weighted by atomic mass is 127. The molecular formula is C21H28IN5OS2. The Bertz CT molecular complexity index is 934. The van der Waals surface area contributed by atoms with Crippen LogP contribution in [0.15, 0.2) is 40.7 Å². The first-order valence-electron chi connectivity index (χ1n) is 10.0. The van der Waals surface area contributed by atoms with Crippen molar-refractivity contribution in [3.63, 3.8) is 0 Å². The van der Waals surface area contributed by atoms with Crippen molar-refractivity contribution in [1.29, 1.82) is 0 Å². The molecule has 0 aliphatic carbocycles. The van der Waals surface area contributed by atoms with Crippen LogP contribution in [0.1, 0.15) is 29.5 Å². The van der Waals surface area contributed by atoms with Gasteiger partial charge in [-0.1, -0.05) is 18.2 Å². The molecule has 3 N–H and O–H groups in total.